The van der Waals surface area contributed by atoms with Gasteiger partial charge in [-0.3, -0.25) is 4.79 Å². The molecule has 0 amide bonds. The van der Waals surface area contributed by atoms with Crippen LogP contribution in [0.25, 0.3) is 0 Å². The highest BCUT2D eigenvalue weighted by Crippen LogP contribution is 2.30. The van der Waals surface area contributed by atoms with E-state index in [0.717, 1.165) is 21.8 Å². The largest absolute Gasteiger partial charge is 0.461 e. The van der Waals surface area contributed by atoms with Gasteiger partial charge in [0.25, 0.3) is 0 Å². The first-order valence-electron chi connectivity index (χ1n) is 6.77. The second kappa shape index (κ2) is 9.73. The number of benzene rings is 1. The average molecular weight is 495 g/mol. The molecule has 1 aromatic rings. The van der Waals surface area contributed by atoms with Crippen LogP contribution in [0.5, 0.6) is 0 Å². The monoisotopic (exact) mass is 492 g/mol. The zero-order valence-corrected chi connectivity index (χ0v) is 17.4. The Bertz CT molecular complexity index is 475. The van der Waals surface area contributed by atoms with E-state index in [4.69, 9.17) is 39.5 Å². The molecular formula is C15H17Br2Cl3O2. The summed E-state index contributed by atoms with van der Waals surface area (Å²) in [6.07, 6.45) is 1.59. The van der Waals surface area contributed by atoms with E-state index in [1.54, 1.807) is 0 Å². The maximum atomic E-state index is 12.4. The summed E-state index contributed by atoms with van der Waals surface area (Å²) in [5, 5.41) is 0.892. The summed E-state index contributed by atoms with van der Waals surface area (Å²) in [6.45, 7) is 1.87. The van der Waals surface area contributed by atoms with Gasteiger partial charge in [0.05, 0.1) is 5.92 Å². The van der Waals surface area contributed by atoms with Crippen LogP contribution in [0.15, 0.2) is 28.7 Å². The minimum absolute atomic E-state index is 0.252. The molecule has 0 radical (unpaired) electrons. The first-order valence-corrected chi connectivity index (χ1v) is 9.82. The lowest BCUT2D eigenvalue weighted by atomic mass is 9.91. The number of hydrogen-bond donors (Lipinski definition) is 0. The van der Waals surface area contributed by atoms with Gasteiger partial charge < -0.3 is 4.74 Å². The maximum absolute atomic E-state index is 12.4. The van der Waals surface area contributed by atoms with Crippen molar-refractivity contribution in [3.8, 4) is 0 Å². The van der Waals surface area contributed by atoms with Crippen LogP contribution in [-0.2, 0) is 9.53 Å². The molecule has 0 aliphatic rings. The number of alkyl halides is 4. The molecule has 7 heteroatoms. The lowest BCUT2D eigenvalue weighted by Gasteiger charge is -2.19. The van der Waals surface area contributed by atoms with Gasteiger partial charge in [0, 0.05) is 9.80 Å². The van der Waals surface area contributed by atoms with E-state index in [0.29, 0.717) is 12.3 Å². The van der Waals surface area contributed by atoms with Crippen LogP contribution >= 0.6 is 66.7 Å². The van der Waals surface area contributed by atoms with Crippen molar-refractivity contribution >= 4 is 72.6 Å². The van der Waals surface area contributed by atoms with Crippen LogP contribution in [0.1, 0.15) is 31.2 Å². The van der Waals surface area contributed by atoms with Gasteiger partial charge in [0.1, 0.15) is 6.61 Å². The Morgan fingerprint density at radius 3 is 2.32 bits per heavy atom. The number of ether oxygens (including phenoxy) is 1. The Labute approximate surface area is 163 Å². The maximum Gasteiger partial charge on any atom is 0.313 e. The third kappa shape index (κ3) is 7.87. The molecule has 124 valence electrons. The van der Waals surface area contributed by atoms with Crippen molar-refractivity contribution in [3.63, 3.8) is 0 Å². The molecule has 0 saturated carbocycles. The number of halogens is 5. The van der Waals surface area contributed by atoms with Crippen LogP contribution in [0.4, 0.5) is 0 Å². The first kappa shape index (κ1) is 20.6. The van der Waals surface area contributed by atoms with Crippen molar-refractivity contribution < 1.29 is 9.53 Å². The van der Waals surface area contributed by atoms with Gasteiger partial charge >= 0.3 is 5.97 Å². The highest BCUT2D eigenvalue weighted by molar-refractivity contribution is 9.10. The number of carbonyl (C=O) groups is 1. The van der Waals surface area contributed by atoms with Gasteiger partial charge in [-0.2, -0.15) is 0 Å². The molecule has 0 saturated heterocycles. The second-order valence-electron chi connectivity index (χ2n) is 5.16. The summed E-state index contributed by atoms with van der Waals surface area (Å²) in [5.41, 5.74) is 0.902. The zero-order valence-electron chi connectivity index (χ0n) is 12.0. The van der Waals surface area contributed by atoms with E-state index in [-0.39, 0.29) is 18.5 Å². The zero-order chi connectivity index (χ0) is 16.8. The van der Waals surface area contributed by atoms with Crippen LogP contribution in [-0.4, -0.2) is 21.7 Å². The fourth-order valence-electron chi connectivity index (χ4n) is 1.90. The van der Waals surface area contributed by atoms with E-state index in [9.17, 15) is 4.79 Å². The molecule has 0 aliphatic carbocycles. The molecular weight excluding hydrogens is 478 g/mol. The van der Waals surface area contributed by atoms with E-state index in [2.05, 4.69) is 38.8 Å². The van der Waals surface area contributed by atoms with E-state index in [1.165, 1.54) is 0 Å². The van der Waals surface area contributed by atoms with Crippen LogP contribution < -0.4 is 0 Å². The molecule has 0 spiro atoms. The molecule has 2 nitrogen and oxygen atoms in total. The Morgan fingerprint density at radius 1 is 1.23 bits per heavy atom. The number of esters is 1. The lowest BCUT2D eigenvalue weighted by Crippen LogP contribution is -2.22. The normalized spacial score (nSPS) is 14.5. The van der Waals surface area contributed by atoms with Gasteiger partial charge in [0.2, 0.25) is 3.79 Å². The van der Waals surface area contributed by atoms with Crippen molar-refractivity contribution in [1.82, 2.24) is 0 Å². The second-order valence-corrected chi connectivity index (χ2v) is 9.24. The highest BCUT2D eigenvalue weighted by atomic mass is 79.9. The van der Waals surface area contributed by atoms with E-state index in [1.807, 2.05) is 24.3 Å². The predicted molar refractivity (Wildman–Crippen MR) is 100 cm³/mol. The molecule has 0 unspecified atom stereocenters. The number of rotatable bonds is 7. The lowest BCUT2D eigenvalue weighted by molar-refractivity contribution is -0.145. The Hall–Kier alpha value is 0.520. The summed E-state index contributed by atoms with van der Waals surface area (Å²) >= 11 is 23.8. The third-order valence-electron chi connectivity index (χ3n) is 3.15. The van der Waals surface area contributed by atoms with Crippen LogP contribution in [0.2, 0.25) is 0 Å². The molecule has 1 aromatic carbocycles. The fraction of sp³-hybridized carbons (Fsp3) is 0.533. The summed E-state index contributed by atoms with van der Waals surface area (Å²) in [5.74, 6) is -0.253. The van der Waals surface area contributed by atoms with Gasteiger partial charge in [-0.25, -0.2) is 0 Å². The molecule has 1 rings (SSSR count). The predicted octanol–water partition coefficient (Wildman–Crippen LogP) is 6.26. The Balaban J connectivity index is 2.81. The fourth-order valence-corrected chi connectivity index (χ4v) is 2.65. The molecule has 0 N–H and O–H groups in total. The van der Waals surface area contributed by atoms with Gasteiger partial charge in [-0.05, 0) is 36.5 Å². The summed E-state index contributed by atoms with van der Waals surface area (Å²) in [6, 6.07) is 7.62. The molecule has 0 fully saturated rings. The van der Waals surface area contributed by atoms with E-state index < -0.39 is 3.79 Å². The van der Waals surface area contributed by atoms with Gasteiger partial charge in [-0.1, -0.05) is 85.7 Å². The summed E-state index contributed by atoms with van der Waals surface area (Å²) < 4.78 is 4.52. The smallest absolute Gasteiger partial charge is 0.313 e. The number of hydrogen-bond acceptors (Lipinski definition) is 2. The molecule has 0 heterocycles. The van der Waals surface area contributed by atoms with Crippen molar-refractivity contribution in [3.05, 3.63) is 34.3 Å². The van der Waals surface area contributed by atoms with Gasteiger partial charge in [-0.15, -0.1) is 0 Å². The average Bonchev–Trinajstić information content (AvgIpc) is 2.46. The van der Waals surface area contributed by atoms with Crippen molar-refractivity contribution in [2.75, 3.05) is 11.9 Å². The Morgan fingerprint density at radius 2 is 1.82 bits per heavy atom. The molecule has 0 bridgehead atoms. The van der Waals surface area contributed by atoms with Crippen LogP contribution in [0.3, 0.4) is 0 Å². The van der Waals surface area contributed by atoms with Crippen molar-refractivity contribution in [1.29, 1.82) is 0 Å². The van der Waals surface area contributed by atoms with Crippen molar-refractivity contribution in [2.24, 2.45) is 5.92 Å². The minimum Gasteiger partial charge on any atom is -0.461 e. The third-order valence-corrected chi connectivity index (χ3v) is 5.11. The van der Waals surface area contributed by atoms with Crippen LogP contribution in [0, 0.1) is 5.92 Å². The Kier molecular flexibility index (Phi) is 9.09. The summed E-state index contributed by atoms with van der Waals surface area (Å²) in [7, 11) is 0. The van der Waals surface area contributed by atoms with Gasteiger partial charge in [0.15, 0.2) is 0 Å². The van der Waals surface area contributed by atoms with E-state index >= 15 is 0 Å². The minimum atomic E-state index is -1.59. The topological polar surface area (TPSA) is 26.3 Å². The number of carbonyl (C=O) groups excluding carboxylic acids is 1. The standard InChI is InChI=1S/C15H17Br2Cl3O2/c1-10(8-16)2-7-13(11-3-5-12(17)6-4-11)14(21)22-9-15(18,19)20/h3-6,10,13H,2,7-9H2,1H3/t10-,13-/m0/s1. The molecule has 0 aliphatic heterocycles. The van der Waals surface area contributed by atoms with Crippen molar-refractivity contribution in [2.45, 2.75) is 29.5 Å². The first-order chi connectivity index (χ1) is 10.2. The quantitative estimate of drug-likeness (QED) is 0.330. The SMILES string of the molecule is C[C@H](CBr)CC[C@H](C(=O)OCC(Cl)(Cl)Cl)c1ccc(Br)cc1. The highest BCUT2D eigenvalue weighted by Gasteiger charge is 2.27. The molecule has 0 aromatic heterocycles. The molecule has 22 heavy (non-hydrogen) atoms. The summed E-state index contributed by atoms with van der Waals surface area (Å²) in [4.78, 5) is 12.4. The molecule has 2 atom stereocenters.